The fourth-order valence-electron chi connectivity index (χ4n) is 8.84. The monoisotopic (exact) mass is 708 g/mol. The smallest absolute Gasteiger partial charge is 0.171 e. The minimum atomic E-state index is -3.17. The molecule has 0 saturated heterocycles. The van der Waals surface area contributed by atoms with E-state index in [-0.39, 0.29) is 0 Å². The average Bonchev–Trinajstić information content (AvgIpc) is 3.75. The van der Waals surface area contributed by atoms with E-state index in [9.17, 15) is 5.26 Å². The first-order valence-electron chi connectivity index (χ1n) is 18.2. The van der Waals surface area contributed by atoms with E-state index in [1.807, 2.05) is 84.9 Å². The fourth-order valence-corrected chi connectivity index (χ4v) is 11.5. The Labute approximate surface area is 314 Å². The summed E-state index contributed by atoms with van der Waals surface area (Å²) in [5.74, 6) is 0. The van der Waals surface area contributed by atoms with Gasteiger partial charge in [-0.2, -0.15) is 5.26 Å². The molecule has 3 nitrogen and oxygen atoms in total. The predicted octanol–water partition coefficient (Wildman–Crippen LogP) is 10.7. The Balaban J connectivity index is 1.23. The van der Waals surface area contributed by atoms with Gasteiger partial charge in [0.1, 0.15) is 0 Å². The van der Waals surface area contributed by atoms with E-state index in [1.54, 1.807) is 0 Å². The molecule has 0 saturated carbocycles. The van der Waals surface area contributed by atoms with E-state index in [0.717, 1.165) is 54.5 Å². The van der Waals surface area contributed by atoms with Gasteiger partial charge in [0.05, 0.1) is 28.1 Å². The van der Waals surface area contributed by atoms with Gasteiger partial charge in [-0.25, -0.2) is 0 Å². The van der Waals surface area contributed by atoms with Crippen molar-refractivity contribution in [2.24, 2.45) is 0 Å². The Morgan fingerprint density at radius 2 is 0.963 bits per heavy atom. The SMILES string of the molecule is N#Cc1ccc(-n2c3ccccc3c3cc(C4(c5ccc(P(=O)(c6ccccc6)c6ccccc6)cc5)c5ccccc5-c5ccccc54)ccc32)cc1. The zero-order valence-corrected chi connectivity index (χ0v) is 30.2. The van der Waals surface area contributed by atoms with Gasteiger partial charge in [0, 0.05) is 32.4 Å². The second kappa shape index (κ2) is 12.5. The van der Waals surface area contributed by atoms with Crippen LogP contribution in [0.25, 0.3) is 38.6 Å². The van der Waals surface area contributed by atoms with E-state index in [1.165, 1.54) is 22.3 Å². The molecule has 8 aromatic carbocycles. The third kappa shape index (κ3) is 4.58. The van der Waals surface area contributed by atoms with Gasteiger partial charge in [-0.15, -0.1) is 0 Å². The van der Waals surface area contributed by atoms with Crippen molar-refractivity contribution in [1.82, 2.24) is 4.57 Å². The van der Waals surface area contributed by atoms with Crippen molar-refractivity contribution >= 4 is 44.9 Å². The maximum atomic E-state index is 15.4. The Morgan fingerprint density at radius 3 is 1.57 bits per heavy atom. The first kappa shape index (κ1) is 32.0. The molecular weight excluding hydrogens is 676 g/mol. The van der Waals surface area contributed by atoms with Crippen molar-refractivity contribution in [3.05, 3.63) is 228 Å². The summed E-state index contributed by atoms with van der Waals surface area (Å²) in [4.78, 5) is 0. The molecule has 0 radical (unpaired) electrons. The molecule has 0 fully saturated rings. The van der Waals surface area contributed by atoms with Crippen LogP contribution in [0.2, 0.25) is 0 Å². The molecule has 10 rings (SSSR count). The van der Waals surface area contributed by atoms with Crippen molar-refractivity contribution < 1.29 is 4.57 Å². The summed E-state index contributed by atoms with van der Waals surface area (Å²) in [5.41, 5.74) is 10.4. The van der Waals surface area contributed by atoms with E-state index in [0.29, 0.717) is 5.56 Å². The average molecular weight is 709 g/mol. The molecule has 1 aliphatic rings. The van der Waals surface area contributed by atoms with Crippen molar-refractivity contribution in [1.29, 1.82) is 5.26 Å². The third-order valence-electron chi connectivity index (χ3n) is 11.2. The maximum absolute atomic E-state index is 15.4. The van der Waals surface area contributed by atoms with Gasteiger partial charge in [0.15, 0.2) is 7.14 Å². The zero-order valence-electron chi connectivity index (χ0n) is 29.3. The number of nitrogens with zero attached hydrogens (tertiary/aromatic N) is 2. The standard InChI is InChI=1S/C50H33N2OP/c51-34-35-23-28-38(29-24-35)52-48-22-12-9-19-44(48)45-33-37(27-32-49(45)52)50(46-20-10-7-17-42(46)43-18-8-11-21-47(43)50)36-25-30-41(31-26-36)54(53,39-13-3-1-4-14-39)40-15-5-2-6-16-40/h1-33H. The maximum Gasteiger partial charge on any atom is 0.171 e. The minimum absolute atomic E-state index is 0.636. The Kier molecular flexibility index (Phi) is 7.37. The highest BCUT2D eigenvalue weighted by Crippen LogP contribution is 2.57. The van der Waals surface area contributed by atoms with Crippen LogP contribution in [0.3, 0.4) is 0 Å². The van der Waals surface area contributed by atoms with Crippen LogP contribution in [0.5, 0.6) is 0 Å². The lowest BCUT2D eigenvalue weighted by Crippen LogP contribution is -2.30. The largest absolute Gasteiger partial charge is 0.309 e. The molecule has 1 aliphatic carbocycles. The highest BCUT2D eigenvalue weighted by molar-refractivity contribution is 7.85. The molecule has 0 atom stereocenters. The van der Waals surface area contributed by atoms with Crippen LogP contribution in [0, 0.1) is 11.3 Å². The minimum Gasteiger partial charge on any atom is -0.309 e. The van der Waals surface area contributed by atoms with Crippen molar-refractivity contribution in [3.8, 4) is 22.9 Å². The highest BCUT2D eigenvalue weighted by Gasteiger charge is 2.46. The summed E-state index contributed by atoms with van der Waals surface area (Å²) < 4.78 is 17.7. The number of rotatable bonds is 6. The number of hydrogen-bond acceptors (Lipinski definition) is 2. The molecule has 0 unspecified atom stereocenters. The number of aromatic nitrogens is 1. The number of hydrogen-bond donors (Lipinski definition) is 0. The third-order valence-corrected chi connectivity index (χ3v) is 14.3. The topological polar surface area (TPSA) is 45.8 Å². The summed E-state index contributed by atoms with van der Waals surface area (Å²) in [5, 5.41) is 14.2. The molecule has 254 valence electrons. The van der Waals surface area contributed by atoms with Crippen LogP contribution >= 0.6 is 7.14 Å². The zero-order chi connectivity index (χ0) is 36.3. The Bertz CT molecular complexity index is 2870. The summed E-state index contributed by atoms with van der Waals surface area (Å²) >= 11 is 0. The predicted molar refractivity (Wildman–Crippen MR) is 222 cm³/mol. The summed E-state index contributed by atoms with van der Waals surface area (Å²) in [6.45, 7) is 0. The summed E-state index contributed by atoms with van der Waals surface area (Å²) in [6.07, 6.45) is 0. The molecular formula is C50H33N2OP. The Morgan fingerprint density at radius 1 is 0.463 bits per heavy atom. The number of para-hydroxylation sites is 1. The van der Waals surface area contributed by atoms with Gasteiger partial charge < -0.3 is 9.13 Å². The fraction of sp³-hybridized carbons (Fsp3) is 0.0200. The molecule has 0 spiro atoms. The molecule has 0 bridgehead atoms. The second-order valence-corrected chi connectivity index (χ2v) is 16.7. The van der Waals surface area contributed by atoms with Crippen molar-refractivity contribution in [2.45, 2.75) is 5.41 Å². The Hall–Kier alpha value is -6.72. The molecule has 1 heterocycles. The van der Waals surface area contributed by atoms with Crippen molar-refractivity contribution in [2.75, 3.05) is 0 Å². The van der Waals surface area contributed by atoms with Crippen LogP contribution in [-0.4, -0.2) is 4.57 Å². The molecule has 0 aliphatic heterocycles. The molecule has 4 heteroatoms. The van der Waals surface area contributed by atoms with Crippen LogP contribution in [0.15, 0.2) is 200 Å². The lowest BCUT2D eigenvalue weighted by molar-refractivity contribution is 0.592. The van der Waals surface area contributed by atoms with Gasteiger partial charge in [0.2, 0.25) is 0 Å². The number of benzene rings is 8. The van der Waals surface area contributed by atoms with Gasteiger partial charge in [0.25, 0.3) is 0 Å². The summed E-state index contributed by atoms with van der Waals surface area (Å²) in [7, 11) is -3.17. The van der Waals surface area contributed by atoms with Gasteiger partial charge in [-0.05, 0) is 75.8 Å². The van der Waals surface area contributed by atoms with E-state index < -0.39 is 12.6 Å². The first-order valence-corrected chi connectivity index (χ1v) is 19.9. The molecule has 0 amide bonds. The van der Waals surface area contributed by atoms with Crippen LogP contribution < -0.4 is 15.9 Å². The molecule has 1 aromatic heterocycles. The van der Waals surface area contributed by atoms with Crippen molar-refractivity contribution in [3.63, 3.8) is 0 Å². The van der Waals surface area contributed by atoms with Gasteiger partial charge >= 0.3 is 0 Å². The molecule has 0 N–H and O–H groups in total. The van der Waals surface area contributed by atoms with Gasteiger partial charge in [-0.3, -0.25) is 0 Å². The van der Waals surface area contributed by atoms with Crippen LogP contribution in [0.1, 0.15) is 27.8 Å². The lowest BCUT2D eigenvalue weighted by Gasteiger charge is -2.34. The first-order chi connectivity index (χ1) is 26.6. The van der Waals surface area contributed by atoms with Gasteiger partial charge in [-0.1, -0.05) is 158 Å². The number of nitriles is 1. The van der Waals surface area contributed by atoms with Crippen LogP contribution in [0.4, 0.5) is 0 Å². The normalized spacial score (nSPS) is 13.0. The van der Waals surface area contributed by atoms with E-state index in [4.69, 9.17) is 0 Å². The second-order valence-electron chi connectivity index (χ2n) is 13.9. The quantitative estimate of drug-likeness (QED) is 0.161. The summed E-state index contributed by atoms with van der Waals surface area (Å²) in [6, 6.07) is 71.4. The van der Waals surface area contributed by atoms with Crippen LogP contribution in [-0.2, 0) is 9.98 Å². The number of fused-ring (bicyclic) bond motifs is 6. The molecule has 9 aromatic rings. The lowest BCUT2D eigenvalue weighted by atomic mass is 9.67. The van der Waals surface area contributed by atoms with E-state index in [2.05, 4.69) is 126 Å². The highest BCUT2D eigenvalue weighted by atomic mass is 31.2. The molecule has 54 heavy (non-hydrogen) atoms. The van der Waals surface area contributed by atoms with E-state index >= 15 is 4.57 Å².